The molecule has 1 saturated heterocycles. The molecule has 8 heteroatoms. The lowest BCUT2D eigenvalue weighted by Gasteiger charge is -2.16. The summed E-state index contributed by atoms with van der Waals surface area (Å²) in [5, 5.41) is 3.76. The number of nitrogens with zero attached hydrogens (tertiary/aromatic N) is 2. The molecule has 1 N–H and O–H groups in total. The highest BCUT2D eigenvalue weighted by atomic mass is 35.5. The van der Waals surface area contributed by atoms with Crippen molar-refractivity contribution >= 4 is 51.7 Å². The van der Waals surface area contributed by atoms with Gasteiger partial charge in [-0.15, -0.1) is 0 Å². The van der Waals surface area contributed by atoms with E-state index >= 15 is 0 Å². The fraction of sp³-hybridized carbons (Fsp3) is 0.375. The van der Waals surface area contributed by atoms with Crippen LogP contribution in [0.15, 0.2) is 53.5 Å². The maximum absolute atomic E-state index is 13.0. The van der Waals surface area contributed by atoms with Crippen molar-refractivity contribution < 1.29 is 14.3 Å². The van der Waals surface area contributed by atoms with E-state index in [-0.39, 0.29) is 18.2 Å². The maximum atomic E-state index is 13.0. The number of thioether (sulfide) groups is 1. The van der Waals surface area contributed by atoms with E-state index in [0.29, 0.717) is 22.5 Å². The minimum absolute atomic E-state index is 0.120. The largest absolute Gasteiger partial charge is 0.494 e. The Balaban J connectivity index is 1.59. The first kappa shape index (κ1) is 24.1. The summed E-state index contributed by atoms with van der Waals surface area (Å²) in [5.74, 6) is 0.266. The molecule has 1 fully saturated rings. The van der Waals surface area contributed by atoms with Crippen molar-refractivity contribution in [3.8, 4) is 5.75 Å². The highest BCUT2D eigenvalue weighted by molar-refractivity contribution is 8.15. The van der Waals surface area contributed by atoms with E-state index in [4.69, 9.17) is 16.3 Å². The van der Waals surface area contributed by atoms with Crippen LogP contribution < -0.4 is 15.0 Å². The molecule has 0 bridgehead atoms. The lowest BCUT2D eigenvalue weighted by molar-refractivity contribution is -0.121. The van der Waals surface area contributed by atoms with Crippen molar-refractivity contribution in [2.24, 2.45) is 4.99 Å². The average Bonchev–Trinajstić information content (AvgIpc) is 3.06. The van der Waals surface area contributed by atoms with E-state index in [2.05, 4.69) is 17.2 Å². The molecule has 1 aliphatic heterocycles. The molecule has 170 valence electrons. The van der Waals surface area contributed by atoms with Crippen LogP contribution in [-0.2, 0) is 9.59 Å². The highest BCUT2D eigenvalue weighted by Crippen LogP contribution is 2.31. The first-order valence-corrected chi connectivity index (χ1v) is 12.0. The number of rotatable bonds is 9. The van der Waals surface area contributed by atoms with Crippen LogP contribution in [0.1, 0.15) is 39.0 Å². The molecule has 0 aliphatic carbocycles. The number of carbonyl (C=O) groups excluding carboxylic acids is 2. The topological polar surface area (TPSA) is 71.0 Å². The highest BCUT2D eigenvalue weighted by Gasteiger charge is 2.40. The molecular weight excluding hydrogens is 446 g/mol. The summed E-state index contributed by atoms with van der Waals surface area (Å²) in [6, 6.07) is 14.3. The van der Waals surface area contributed by atoms with Gasteiger partial charge in [-0.3, -0.25) is 14.6 Å². The summed E-state index contributed by atoms with van der Waals surface area (Å²) in [4.78, 5) is 31.1. The average molecular weight is 474 g/mol. The lowest BCUT2D eigenvalue weighted by atomic mass is 10.2. The summed E-state index contributed by atoms with van der Waals surface area (Å²) in [7, 11) is 1.64. The summed E-state index contributed by atoms with van der Waals surface area (Å²) in [5.41, 5.74) is 1.32. The number of hydrogen-bond donors (Lipinski definition) is 1. The predicted octanol–water partition coefficient (Wildman–Crippen LogP) is 5.76. The number of nitrogens with one attached hydrogen (secondary N) is 1. The molecule has 32 heavy (non-hydrogen) atoms. The van der Waals surface area contributed by atoms with Crippen LogP contribution in [0.5, 0.6) is 5.75 Å². The zero-order valence-electron chi connectivity index (χ0n) is 18.3. The van der Waals surface area contributed by atoms with Crippen LogP contribution in [0.4, 0.5) is 11.4 Å². The molecule has 0 unspecified atom stereocenters. The van der Waals surface area contributed by atoms with Gasteiger partial charge in [0.25, 0.3) is 0 Å². The Labute approximate surface area is 198 Å². The number of unbranched alkanes of at least 4 members (excludes halogenated alkanes) is 3. The third kappa shape index (κ3) is 6.50. The van der Waals surface area contributed by atoms with Crippen LogP contribution in [0, 0.1) is 0 Å². The molecule has 6 nitrogen and oxygen atoms in total. The number of amidine groups is 1. The third-order valence-electron chi connectivity index (χ3n) is 5.00. The first-order chi connectivity index (χ1) is 15.5. The second-order valence-electron chi connectivity index (χ2n) is 7.45. The number of amides is 2. The summed E-state index contributed by atoms with van der Waals surface area (Å²) < 4.78 is 5.75. The predicted molar refractivity (Wildman–Crippen MR) is 133 cm³/mol. The molecule has 0 aromatic heterocycles. The van der Waals surface area contributed by atoms with E-state index in [1.807, 2.05) is 12.1 Å². The summed E-state index contributed by atoms with van der Waals surface area (Å²) in [6.07, 6.45) is 4.69. The van der Waals surface area contributed by atoms with Gasteiger partial charge in [-0.2, -0.15) is 0 Å². The monoisotopic (exact) mass is 473 g/mol. The van der Waals surface area contributed by atoms with Gasteiger partial charge in [0.05, 0.1) is 12.3 Å². The zero-order chi connectivity index (χ0) is 22.9. The van der Waals surface area contributed by atoms with Gasteiger partial charge in [0.15, 0.2) is 5.17 Å². The maximum Gasteiger partial charge on any atom is 0.247 e. The Kier molecular flexibility index (Phi) is 9.00. The minimum Gasteiger partial charge on any atom is -0.494 e. The number of aliphatic imine (C=N–C) groups is 1. The SMILES string of the molecule is CCCCCCOc1ccc(N2C(=O)C[C@@H](SC(=NC)Nc3cccc(Cl)c3)C2=O)cc1. The first-order valence-electron chi connectivity index (χ1n) is 10.8. The molecule has 2 aromatic rings. The smallest absolute Gasteiger partial charge is 0.247 e. The normalized spacial score (nSPS) is 16.5. The molecule has 0 radical (unpaired) electrons. The van der Waals surface area contributed by atoms with Crippen molar-refractivity contribution in [2.75, 3.05) is 23.9 Å². The van der Waals surface area contributed by atoms with Gasteiger partial charge in [0.1, 0.15) is 11.0 Å². The van der Waals surface area contributed by atoms with Crippen LogP contribution in [-0.4, -0.2) is 35.9 Å². The van der Waals surface area contributed by atoms with E-state index in [1.54, 1.807) is 43.4 Å². The van der Waals surface area contributed by atoms with Gasteiger partial charge < -0.3 is 10.1 Å². The van der Waals surface area contributed by atoms with Gasteiger partial charge in [0.2, 0.25) is 11.8 Å². The Hall–Kier alpha value is -2.51. The van der Waals surface area contributed by atoms with Crippen LogP contribution in [0.3, 0.4) is 0 Å². The van der Waals surface area contributed by atoms with Gasteiger partial charge >= 0.3 is 0 Å². The zero-order valence-corrected chi connectivity index (χ0v) is 19.9. The van der Waals surface area contributed by atoms with Crippen molar-refractivity contribution in [1.82, 2.24) is 0 Å². The number of benzene rings is 2. The molecule has 1 aliphatic rings. The Morgan fingerprint density at radius 3 is 2.66 bits per heavy atom. The number of carbonyl (C=O) groups is 2. The molecule has 1 heterocycles. The molecule has 1 atom stereocenters. The van der Waals surface area contributed by atoms with Gasteiger partial charge in [-0.25, -0.2) is 4.90 Å². The van der Waals surface area contributed by atoms with Gasteiger partial charge in [-0.05, 0) is 48.9 Å². The Bertz CT molecular complexity index is 965. The lowest BCUT2D eigenvalue weighted by Crippen LogP contribution is -2.31. The Morgan fingerprint density at radius 1 is 1.19 bits per heavy atom. The summed E-state index contributed by atoms with van der Waals surface area (Å²) in [6.45, 7) is 2.84. The second-order valence-corrected chi connectivity index (χ2v) is 9.07. The molecule has 0 saturated carbocycles. The quantitative estimate of drug-likeness (QED) is 0.217. The van der Waals surface area contributed by atoms with E-state index in [0.717, 1.165) is 24.3 Å². The van der Waals surface area contributed by atoms with Crippen molar-refractivity contribution in [2.45, 2.75) is 44.3 Å². The number of hydrogen-bond acceptors (Lipinski definition) is 5. The summed E-state index contributed by atoms with van der Waals surface area (Å²) >= 11 is 7.27. The number of ether oxygens (including phenoxy) is 1. The second kappa shape index (κ2) is 11.9. The van der Waals surface area contributed by atoms with E-state index < -0.39 is 5.25 Å². The van der Waals surface area contributed by atoms with Crippen molar-refractivity contribution in [1.29, 1.82) is 0 Å². The van der Waals surface area contributed by atoms with Gasteiger partial charge in [-0.1, -0.05) is 55.6 Å². The van der Waals surface area contributed by atoms with Crippen LogP contribution in [0.25, 0.3) is 0 Å². The van der Waals surface area contributed by atoms with Crippen molar-refractivity contribution in [3.63, 3.8) is 0 Å². The van der Waals surface area contributed by atoms with Crippen LogP contribution >= 0.6 is 23.4 Å². The molecule has 3 rings (SSSR count). The number of anilines is 2. The number of halogens is 1. The molecular formula is C24H28ClN3O3S. The van der Waals surface area contributed by atoms with E-state index in [1.165, 1.54) is 29.5 Å². The van der Waals surface area contributed by atoms with Crippen molar-refractivity contribution in [3.05, 3.63) is 53.6 Å². The third-order valence-corrected chi connectivity index (χ3v) is 6.40. The Morgan fingerprint density at radius 2 is 1.97 bits per heavy atom. The molecule has 0 spiro atoms. The fourth-order valence-electron chi connectivity index (χ4n) is 3.34. The van der Waals surface area contributed by atoms with Gasteiger partial charge in [0, 0.05) is 24.2 Å². The van der Waals surface area contributed by atoms with E-state index in [9.17, 15) is 9.59 Å². The minimum atomic E-state index is -0.539. The number of imide groups is 1. The standard InChI is InChI=1S/C24H28ClN3O3S/c1-3-4-5-6-14-31-20-12-10-19(11-13-20)28-22(29)16-21(23(28)30)32-24(26-2)27-18-9-7-8-17(25)15-18/h7-13,15,21H,3-6,14,16H2,1-2H3,(H,26,27)/t21-/m1/s1. The molecule has 2 aromatic carbocycles. The molecule has 2 amide bonds. The van der Waals surface area contributed by atoms with Crippen LogP contribution in [0.2, 0.25) is 5.02 Å². The fourth-order valence-corrected chi connectivity index (χ4v) is 4.51.